The van der Waals surface area contributed by atoms with Gasteiger partial charge in [-0.3, -0.25) is 0 Å². The molecule has 2 heteroatoms. The number of rotatable bonds is 4. The van der Waals surface area contributed by atoms with E-state index in [0.29, 0.717) is 0 Å². The zero-order chi connectivity index (χ0) is 43.8. The van der Waals surface area contributed by atoms with Crippen molar-refractivity contribution in [3.05, 3.63) is 259 Å². The van der Waals surface area contributed by atoms with Gasteiger partial charge in [0.2, 0.25) is 0 Å². The fraction of sp³-hybridized carbons (Fsp3) is 0.0154. The van der Waals surface area contributed by atoms with Gasteiger partial charge in [0.1, 0.15) is 11.2 Å². The molecule has 0 atom stereocenters. The molecular weight excluding hydrogens is 811 g/mol. The Labute approximate surface area is 387 Å². The van der Waals surface area contributed by atoms with Crippen molar-refractivity contribution in [1.82, 2.24) is 0 Å². The minimum atomic E-state index is -0.434. The molecule has 310 valence electrons. The van der Waals surface area contributed by atoms with Gasteiger partial charge in [-0.2, -0.15) is 0 Å². The standard InChI is InChI=1S/C65H39NO/c1-2-14-42-37-45(31-27-40(42)13-1)66(46-32-34-52-51-18-7-11-23-59(51)65(60(52)39-46)57-21-9-5-16-49(57)50-17-6-10-22-58(50)65)44-29-25-41(26-30-44)43-28-33-48-47-15-3-4-19-53(47)63-54(56(48)38-43)35-36-62-64(63)55-20-8-12-24-61(55)67-62/h1-39H. The van der Waals surface area contributed by atoms with Crippen molar-refractivity contribution in [2.75, 3.05) is 4.90 Å². The molecule has 0 bridgehead atoms. The van der Waals surface area contributed by atoms with Gasteiger partial charge >= 0.3 is 0 Å². The van der Waals surface area contributed by atoms with Crippen LogP contribution in [0.4, 0.5) is 17.1 Å². The summed E-state index contributed by atoms with van der Waals surface area (Å²) < 4.78 is 6.41. The van der Waals surface area contributed by atoms with Crippen LogP contribution < -0.4 is 4.90 Å². The highest BCUT2D eigenvalue weighted by molar-refractivity contribution is 6.34. The molecule has 0 radical (unpaired) electrons. The second-order valence-electron chi connectivity index (χ2n) is 18.3. The normalized spacial score (nSPS) is 13.2. The monoisotopic (exact) mass is 849 g/mol. The van der Waals surface area contributed by atoms with Crippen LogP contribution in [0, 0.1) is 0 Å². The number of hydrogen-bond acceptors (Lipinski definition) is 2. The number of benzene rings is 12. The third-order valence-electron chi connectivity index (χ3n) is 15.0. The molecule has 0 fully saturated rings. The van der Waals surface area contributed by atoms with Crippen molar-refractivity contribution in [2.45, 2.75) is 5.41 Å². The summed E-state index contributed by atoms with van der Waals surface area (Å²) in [7, 11) is 0. The lowest BCUT2D eigenvalue weighted by Crippen LogP contribution is -2.26. The molecule has 0 aliphatic heterocycles. The van der Waals surface area contributed by atoms with Crippen molar-refractivity contribution in [3.63, 3.8) is 0 Å². The maximum Gasteiger partial charge on any atom is 0.136 e. The molecule has 0 saturated carbocycles. The lowest BCUT2D eigenvalue weighted by Gasteiger charge is -2.32. The van der Waals surface area contributed by atoms with Gasteiger partial charge in [-0.1, -0.05) is 176 Å². The van der Waals surface area contributed by atoms with Crippen LogP contribution in [0.1, 0.15) is 22.3 Å². The molecule has 0 N–H and O–H groups in total. The molecule has 1 heterocycles. The highest BCUT2D eigenvalue weighted by atomic mass is 16.3. The Bertz CT molecular complexity index is 4170. The van der Waals surface area contributed by atoms with E-state index in [1.807, 2.05) is 6.07 Å². The zero-order valence-electron chi connectivity index (χ0n) is 36.4. The first-order chi connectivity index (χ1) is 33.2. The van der Waals surface area contributed by atoms with E-state index in [9.17, 15) is 0 Å². The fourth-order valence-electron chi connectivity index (χ4n) is 12.2. The molecule has 1 aromatic heterocycles. The molecule has 12 aromatic carbocycles. The van der Waals surface area contributed by atoms with Crippen molar-refractivity contribution in [3.8, 4) is 33.4 Å². The number of para-hydroxylation sites is 1. The first-order valence-corrected chi connectivity index (χ1v) is 23.2. The second kappa shape index (κ2) is 13.7. The maximum atomic E-state index is 6.41. The van der Waals surface area contributed by atoms with Crippen LogP contribution in [0.5, 0.6) is 0 Å². The van der Waals surface area contributed by atoms with Crippen LogP contribution in [0.2, 0.25) is 0 Å². The van der Waals surface area contributed by atoms with Gasteiger partial charge in [-0.25, -0.2) is 0 Å². The van der Waals surface area contributed by atoms with Gasteiger partial charge in [-0.05, 0) is 154 Å². The quantitative estimate of drug-likeness (QED) is 0.164. The van der Waals surface area contributed by atoms with Crippen LogP contribution in [0.3, 0.4) is 0 Å². The number of nitrogens with zero attached hydrogens (tertiary/aromatic N) is 1. The summed E-state index contributed by atoms with van der Waals surface area (Å²) in [6, 6.07) is 87.7. The van der Waals surface area contributed by atoms with Crippen LogP contribution in [-0.4, -0.2) is 0 Å². The minimum absolute atomic E-state index is 0.434. The van der Waals surface area contributed by atoms with E-state index in [4.69, 9.17) is 4.42 Å². The number of fused-ring (bicyclic) bond motifs is 21. The van der Waals surface area contributed by atoms with Gasteiger partial charge in [0.25, 0.3) is 0 Å². The number of hydrogen-bond donors (Lipinski definition) is 0. The fourth-order valence-corrected chi connectivity index (χ4v) is 12.2. The van der Waals surface area contributed by atoms with Crippen molar-refractivity contribution in [2.24, 2.45) is 0 Å². The average molecular weight is 850 g/mol. The largest absolute Gasteiger partial charge is 0.456 e. The van der Waals surface area contributed by atoms with Gasteiger partial charge in [0, 0.05) is 33.2 Å². The highest BCUT2D eigenvalue weighted by Gasteiger charge is 2.51. The van der Waals surface area contributed by atoms with E-state index in [-0.39, 0.29) is 0 Å². The summed E-state index contributed by atoms with van der Waals surface area (Å²) >= 11 is 0. The van der Waals surface area contributed by atoms with E-state index in [1.54, 1.807) is 0 Å². The first-order valence-electron chi connectivity index (χ1n) is 23.2. The molecular formula is C65H39NO. The average Bonchev–Trinajstić information content (AvgIpc) is 4.03. The summed E-state index contributed by atoms with van der Waals surface area (Å²) in [5, 5.41) is 12.2. The van der Waals surface area contributed by atoms with Crippen molar-refractivity contribution >= 4 is 82.1 Å². The molecule has 0 unspecified atom stereocenters. The van der Waals surface area contributed by atoms with Crippen LogP contribution >= 0.6 is 0 Å². The third kappa shape index (κ3) is 4.99. The predicted octanol–water partition coefficient (Wildman–Crippen LogP) is 17.7. The van der Waals surface area contributed by atoms with Gasteiger partial charge < -0.3 is 9.32 Å². The minimum Gasteiger partial charge on any atom is -0.456 e. The Morgan fingerprint density at radius 3 is 1.55 bits per heavy atom. The van der Waals surface area contributed by atoms with E-state index in [0.717, 1.165) is 33.6 Å². The van der Waals surface area contributed by atoms with Crippen LogP contribution in [0.25, 0.3) is 98.4 Å². The molecule has 2 aliphatic rings. The molecule has 1 spiro atoms. The lowest BCUT2D eigenvalue weighted by atomic mass is 9.70. The Morgan fingerprint density at radius 2 is 0.806 bits per heavy atom. The Balaban J connectivity index is 0.914. The Kier molecular flexibility index (Phi) is 7.46. The van der Waals surface area contributed by atoms with Crippen LogP contribution in [-0.2, 0) is 5.41 Å². The summed E-state index contributed by atoms with van der Waals surface area (Å²) in [6.45, 7) is 0. The summed E-state index contributed by atoms with van der Waals surface area (Å²) in [5.41, 5.74) is 17.7. The van der Waals surface area contributed by atoms with Gasteiger partial charge in [0.15, 0.2) is 0 Å². The summed E-state index contributed by atoms with van der Waals surface area (Å²) in [5.74, 6) is 0. The third-order valence-corrected chi connectivity index (χ3v) is 15.0. The molecule has 15 rings (SSSR count). The Hall–Kier alpha value is -8.72. The van der Waals surface area contributed by atoms with Gasteiger partial charge in [-0.15, -0.1) is 0 Å². The number of anilines is 3. The number of furan rings is 1. The van der Waals surface area contributed by atoms with Gasteiger partial charge in [0.05, 0.1) is 5.41 Å². The SMILES string of the molecule is c1ccc2c(c1)-c1ccccc1C21c2ccccc2-c2ccc(N(c3ccc(-c4ccc5c6ccccc6c6c(ccc7oc8ccccc8c76)c5c4)cc3)c3ccc4ccccc4c3)cc21. The van der Waals surface area contributed by atoms with Crippen LogP contribution in [0.15, 0.2) is 241 Å². The van der Waals surface area contributed by atoms with E-state index in [1.165, 1.54) is 104 Å². The molecule has 67 heavy (non-hydrogen) atoms. The van der Waals surface area contributed by atoms with Crippen molar-refractivity contribution in [1.29, 1.82) is 0 Å². The smallest absolute Gasteiger partial charge is 0.136 e. The summed E-state index contributed by atoms with van der Waals surface area (Å²) in [6.07, 6.45) is 0. The van der Waals surface area contributed by atoms with E-state index < -0.39 is 5.41 Å². The zero-order valence-corrected chi connectivity index (χ0v) is 36.4. The first kappa shape index (κ1) is 36.6. The van der Waals surface area contributed by atoms with E-state index >= 15 is 0 Å². The molecule has 2 nitrogen and oxygen atoms in total. The Morgan fingerprint density at radius 1 is 0.284 bits per heavy atom. The van der Waals surface area contributed by atoms with Crippen molar-refractivity contribution < 1.29 is 4.42 Å². The lowest BCUT2D eigenvalue weighted by molar-refractivity contribution is 0.669. The van der Waals surface area contributed by atoms with E-state index in [2.05, 4.69) is 235 Å². The summed E-state index contributed by atoms with van der Waals surface area (Å²) in [4.78, 5) is 2.44. The predicted molar refractivity (Wildman–Crippen MR) is 280 cm³/mol. The highest BCUT2D eigenvalue weighted by Crippen LogP contribution is 2.63. The maximum absolute atomic E-state index is 6.41. The topological polar surface area (TPSA) is 16.4 Å². The molecule has 0 saturated heterocycles. The second-order valence-corrected chi connectivity index (χ2v) is 18.3. The molecule has 2 aliphatic carbocycles. The molecule has 13 aromatic rings. The molecule has 0 amide bonds.